The van der Waals surface area contributed by atoms with Crippen LogP contribution in [0.3, 0.4) is 0 Å². The molecule has 4 rings (SSSR count). The lowest BCUT2D eigenvalue weighted by molar-refractivity contribution is 0.259. The number of nitrogens with two attached hydrogens (primary N) is 1. The number of benzene rings is 4. The van der Waals surface area contributed by atoms with E-state index in [0.29, 0.717) is 9.99 Å². The molecule has 0 bridgehead atoms. The number of nitrogens with zero attached hydrogens (tertiary/aromatic N) is 1. The Balaban J connectivity index is 1.55. The molecule has 0 saturated carbocycles. The minimum atomic E-state index is -4.34. The van der Waals surface area contributed by atoms with Gasteiger partial charge in [-0.05, 0) is 46.5 Å². The fourth-order valence-corrected chi connectivity index (χ4v) is 4.04. The van der Waals surface area contributed by atoms with E-state index in [-0.39, 0.29) is 5.69 Å². The van der Waals surface area contributed by atoms with Gasteiger partial charge in [0.15, 0.2) is 0 Å². The predicted molar refractivity (Wildman–Crippen MR) is 128 cm³/mol. The van der Waals surface area contributed by atoms with E-state index in [1.807, 2.05) is 72.8 Å². The number of hydrogen-bond donors (Lipinski definition) is 2. The average molecular weight is 444 g/mol. The molecule has 4 aromatic rings. The van der Waals surface area contributed by atoms with E-state index < -0.39 is 16.2 Å². The number of anilines is 2. The van der Waals surface area contributed by atoms with Crippen molar-refractivity contribution in [3.63, 3.8) is 0 Å². The zero-order chi connectivity index (χ0) is 22.6. The molecule has 0 unspecified atom stereocenters. The van der Waals surface area contributed by atoms with Crippen molar-refractivity contribution >= 4 is 27.6 Å². The van der Waals surface area contributed by atoms with Gasteiger partial charge >= 0.3 is 16.2 Å². The van der Waals surface area contributed by atoms with Gasteiger partial charge in [-0.25, -0.2) is 9.93 Å². The Morgan fingerprint density at radius 2 is 1.03 bits per heavy atom. The van der Waals surface area contributed by atoms with Crippen molar-refractivity contribution in [2.75, 3.05) is 9.62 Å². The van der Waals surface area contributed by atoms with Gasteiger partial charge in [-0.15, -0.1) is 0 Å². The second-order valence-corrected chi connectivity index (χ2v) is 8.49. The van der Waals surface area contributed by atoms with Crippen LogP contribution in [0.25, 0.3) is 22.3 Å². The van der Waals surface area contributed by atoms with Gasteiger partial charge in [0, 0.05) is 5.69 Å². The minimum Gasteiger partial charge on any atom is -0.307 e. The Labute approximate surface area is 187 Å². The fraction of sp³-hybridized carbons (Fsp3) is 0. The highest BCUT2D eigenvalue weighted by Gasteiger charge is 2.26. The number of rotatable bonds is 5. The van der Waals surface area contributed by atoms with Gasteiger partial charge in [-0.1, -0.05) is 84.9 Å². The third-order valence-corrected chi connectivity index (χ3v) is 5.78. The molecule has 0 aliphatic rings. The normalized spacial score (nSPS) is 11.0. The van der Waals surface area contributed by atoms with Crippen molar-refractivity contribution in [2.45, 2.75) is 0 Å². The first kappa shape index (κ1) is 21.3. The zero-order valence-corrected chi connectivity index (χ0v) is 17.9. The number of hydrogen-bond acceptors (Lipinski definition) is 3. The first-order valence-corrected chi connectivity index (χ1v) is 11.4. The van der Waals surface area contributed by atoms with Crippen LogP contribution >= 0.6 is 0 Å². The van der Waals surface area contributed by atoms with E-state index in [1.54, 1.807) is 36.4 Å². The zero-order valence-electron chi connectivity index (χ0n) is 17.0. The maximum Gasteiger partial charge on any atom is 0.341 e. The van der Waals surface area contributed by atoms with Crippen LogP contribution in [0.4, 0.5) is 16.2 Å². The highest BCUT2D eigenvalue weighted by molar-refractivity contribution is 7.91. The smallest absolute Gasteiger partial charge is 0.307 e. The van der Waals surface area contributed by atoms with E-state index in [2.05, 4.69) is 5.32 Å². The van der Waals surface area contributed by atoms with Gasteiger partial charge in [-0.3, -0.25) is 0 Å². The van der Waals surface area contributed by atoms with Crippen LogP contribution in [0.5, 0.6) is 0 Å². The van der Waals surface area contributed by atoms with E-state index in [1.165, 1.54) is 0 Å². The highest BCUT2D eigenvalue weighted by atomic mass is 32.2. The molecular weight excluding hydrogens is 422 g/mol. The Morgan fingerprint density at radius 3 is 1.47 bits per heavy atom. The molecule has 0 fully saturated rings. The van der Waals surface area contributed by atoms with E-state index >= 15 is 0 Å². The summed E-state index contributed by atoms with van der Waals surface area (Å²) in [4.78, 5) is 12.8. The van der Waals surface area contributed by atoms with Gasteiger partial charge < -0.3 is 5.32 Å². The lowest BCUT2D eigenvalue weighted by Gasteiger charge is -2.21. The summed E-state index contributed by atoms with van der Waals surface area (Å²) >= 11 is 0. The maximum atomic E-state index is 12.8. The quantitative estimate of drug-likeness (QED) is 0.440. The Morgan fingerprint density at radius 1 is 0.625 bits per heavy atom. The van der Waals surface area contributed by atoms with Crippen molar-refractivity contribution in [3.8, 4) is 22.3 Å². The lowest BCUT2D eigenvalue weighted by Crippen LogP contribution is -2.44. The van der Waals surface area contributed by atoms with E-state index in [9.17, 15) is 13.2 Å². The Bertz CT molecular complexity index is 1310. The largest absolute Gasteiger partial charge is 0.341 e. The second kappa shape index (κ2) is 9.05. The van der Waals surface area contributed by atoms with E-state index in [4.69, 9.17) is 5.14 Å². The van der Waals surface area contributed by atoms with E-state index in [0.717, 1.165) is 22.3 Å². The van der Waals surface area contributed by atoms with Crippen LogP contribution < -0.4 is 14.8 Å². The van der Waals surface area contributed by atoms with Gasteiger partial charge in [-0.2, -0.15) is 12.7 Å². The molecule has 0 radical (unpaired) electrons. The van der Waals surface area contributed by atoms with Crippen LogP contribution in [0.2, 0.25) is 0 Å². The molecule has 0 aliphatic carbocycles. The SMILES string of the molecule is NS(=O)(=O)N(C(=O)Nc1ccc(-c2ccccc2)cc1)c1ccc(-c2ccccc2)cc1. The standard InChI is InChI=1S/C25H21N3O3S/c26-32(30,31)28(24-17-13-22(14-18-24)20-9-5-2-6-10-20)25(29)27-23-15-11-21(12-16-23)19-7-3-1-4-8-19/h1-18H,(H,27,29)(H2,26,30,31). The third kappa shape index (κ3) is 4.85. The average Bonchev–Trinajstić information content (AvgIpc) is 2.80. The molecule has 0 aromatic heterocycles. The summed E-state index contributed by atoms with van der Waals surface area (Å²) in [6.07, 6.45) is 0. The van der Waals surface area contributed by atoms with Crippen LogP contribution in [0.1, 0.15) is 0 Å². The fourth-order valence-electron chi connectivity index (χ4n) is 3.35. The van der Waals surface area contributed by atoms with Gasteiger partial charge in [0.1, 0.15) is 0 Å². The summed E-state index contributed by atoms with van der Waals surface area (Å²) in [5.41, 5.74) is 4.47. The summed E-state index contributed by atoms with van der Waals surface area (Å²) in [7, 11) is -4.34. The summed E-state index contributed by atoms with van der Waals surface area (Å²) in [5.74, 6) is 0. The van der Waals surface area contributed by atoms with Gasteiger partial charge in [0.25, 0.3) is 0 Å². The number of amides is 2. The van der Waals surface area contributed by atoms with Crippen molar-refractivity contribution in [2.24, 2.45) is 5.14 Å². The van der Waals surface area contributed by atoms with Gasteiger partial charge in [0.2, 0.25) is 0 Å². The number of urea groups is 1. The van der Waals surface area contributed by atoms with Crippen molar-refractivity contribution in [3.05, 3.63) is 109 Å². The molecule has 2 amide bonds. The molecule has 0 heterocycles. The molecule has 7 heteroatoms. The monoisotopic (exact) mass is 443 g/mol. The third-order valence-electron chi connectivity index (χ3n) is 4.89. The molecule has 3 N–H and O–H groups in total. The summed E-state index contributed by atoms with van der Waals surface area (Å²) in [6.45, 7) is 0. The lowest BCUT2D eigenvalue weighted by atomic mass is 10.1. The number of nitrogens with one attached hydrogen (secondary N) is 1. The second-order valence-electron chi connectivity index (χ2n) is 7.10. The van der Waals surface area contributed by atoms with Gasteiger partial charge in [0.05, 0.1) is 5.69 Å². The first-order chi connectivity index (χ1) is 15.4. The number of carbonyl (C=O) groups is 1. The summed E-state index contributed by atoms with van der Waals surface area (Å²) in [5, 5.41) is 7.95. The maximum absolute atomic E-state index is 12.8. The van der Waals surface area contributed by atoms with Crippen LogP contribution in [0, 0.1) is 0 Å². The molecular formula is C25H21N3O3S. The topological polar surface area (TPSA) is 92.5 Å². The molecule has 0 atom stereocenters. The summed E-state index contributed by atoms with van der Waals surface area (Å²) in [6, 6.07) is 32.2. The molecule has 0 aliphatic heterocycles. The molecule has 0 spiro atoms. The highest BCUT2D eigenvalue weighted by Crippen LogP contribution is 2.25. The van der Waals surface area contributed by atoms with Crippen molar-refractivity contribution in [1.82, 2.24) is 0 Å². The van der Waals surface area contributed by atoms with Crippen LogP contribution in [-0.2, 0) is 10.2 Å². The number of carbonyl (C=O) groups excluding carboxylic acids is 1. The Kier molecular flexibility index (Phi) is 6.02. The van der Waals surface area contributed by atoms with Crippen molar-refractivity contribution < 1.29 is 13.2 Å². The molecule has 6 nitrogen and oxygen atoms in total. The predicted octanol–water partition coefficient (Wildman–Crippen LogP) is 5.26. The van der Waals surface area contributed by atoms with Crippen molar-refractivity contribution in [1.29, 1.82) is 0 Å². The molecule has 160 valence electrons. The molecule has 0 saturated heterocycles. The Hall–Kier alpha value is -3.94. The summed E-state index contributed by atoms with van der Waals surface area (Å²) < 4.78 is 24.9. The molecule has 4 aromatic carbocycles. The minimum absolute atomic E-state index is 0.144. The van der Waals surface area contributed by atoms with Crippen LogP contribution in [-0.4, -0.2) is 14.4 Å². The first-order valence-electron chi connectivity index (χ1n) is 9.87. The van der Waals surface area contributed by atoms with Crippen LogP contribution in [0.15, 0.2) is 109 Å². The molecule has 32 heavy (non-hydrogen) atoms.